The Hall–Kier alpha value is -1.00. The maximum Gasteiger partial charge on any atom is 0.221 e. The van der Waals surface area contributed by atoms with Crippen molar-refractivity contribution in [1.29, 1.82) is 0 Å². The van der Waals surface area contributed by atoms with E-state index in [1.807, 2.05) is 43.1 Å². The first kappa shape index (κ1) is 13.1. The van der Waals surface area contributed by atoms with E-state index in [-0.39, 0.29) is 5.91 Å². The first-order chi connectivity index (χ1) is 7.72. The summed E-state index contributed by atoms with van der Waals surface area (Å²) in [5.74, 6) is 1.08. The van der Waals surface area contributed by atoms with E-state index in [1.54, 1.807) is 0 Å². The van der Waals surface area contributed by atoms with Gasteiger partial charge in [0.15, 0.2) is 0 Å². The van der Waals surface area contributed by atoms with Crippen molar-refractivity contribution in [2.75, 3.05) is 24.7 Å². The molecule has 0 atom stereocenters. The molecular formula is C12H18N2OS. The first-order valence-electron chi connectivity index (χ1n) is 5.37. The highest BCUT2D eigenvalue weighted by molar-refractivity contribution is 7.99. The van der Waals surface area contributed by atoms with Crippen LogP contribution in [0.4, 0.5) is 5.69 Å². The Morgan fingerprint density at radius 1 is 1.31 bits per heavy atom. The number of thioether (sulfide) groups is 1. The van der Waals surface area contributed by atoms with E-state index in [4.69, 9.17) is 0 Å². The van der Waals surface area contributed by atoms with Crippen LogP contribution in [-0.4, -0.2) is 25.3 Å². The number of amides is 1. The van der Waals surface area contributed by atoms with Crippen molar-refractivity contribution >= 4 is 23.4 Å². The molecule has 1 amide bonds. The second kappa shape index (κ2) is 7.30. The lowest BCUT2D eigenvalue weighted by Gasteiger charge is -2.04. The Kier molecular flexibility index (Phi) is 5.96. The van der Waals surface area contributed by atoms with Gasteiger partial charge in [-0.25, -0.2) is 0 Å². The van der Waals surface area contributed by atoms with Gasteiger partial charge in [-0.1, -0.05) is 0 Å². The molecule has 3 nitrogen and oxygen atoms in total. The van der Waals surface area contributed by atoms with Crippen molar-refractivity contribution in [3.05, 3.63) is 24.3 Å². The number of carbonyl (C=O) groups is 1. The van der Waals surface area contributed by atoms with E-state index < -0.39 is 0 Å². The molecule has 0 fully saturated rings. The summed E-state index contributed by atoms with van der Waals surface area (Å²) >= 11 is 1.84. The molecule has 0 aromatic heterocycles. The topological polar surface area (TPSA) is 41.1 Å². The standard InChI is InChI=1S/C12H18N2OS/c1-10(15)14-11-4-6-12(7-5-11)16-9-3-8-13-2/h4-7,13H,3,8-9H2,1-2H3,(H,14,15). The molecule has 88 valence electrons. The van der Waals surface area contributed by atoms with Crippen LogP contribution in [-0.2, 0) is 4.79 Å². The van der Waals surface area contributed by atoms with Gasteiger partial charge in [-0.15, -0.1) is 11.8 Å². The maximum atomic E-state index is 10.8. The molecule has 1 rings (SSSR count). The number of carbonyl (C=O) groups excluding carboxylic acids is 1. The summed E-state index contributed by atoms with van der Waals surface area (Å²) in [5.41, 5.74) is 0.854. The van der Waals surface area contributed by atoms with Crippen LogP contribution in [0.3, 0.4) is 0 Å². The van der Waals surface area contributed by atoms with Crippen molar-refractivity contribution in [3.8, 4) is 0 Å². The quantitative estimate of drug-likeness (QED) is 0.590. The van der Waals surface area contributed by atoms with E-state index in [1.165, 1.54) is 11.8 Å². The second-order valence-electron chi connectivity index (χ2n) is 3.51. The summed E-state index contributed by atoms with van der Waals surface area (Å²) in [5, 5.41) is 5.87. The number of hydrogen-bond donors (Lipinski definition) is 2. The van der Waals surface area contributed by atoms with Gasteiger partial charge in [0.25, 0.3) is 0 Å². The molecule has 0 spiro atoms. The molecule has 0 bridgehead atoms. The highest BCUT2D eigenvalue weighted by Crippen LogP contribution is 2.20. The summed E-state index contributed by atoms with van der Waals surface area (Å²) in [7, 11) is 1.97. The molecule has 16 heavy (non-hydrogen) atoms. The molecule has 1 aromatic carbocycles. The second-order valence-corrected chi connectivity index (χ2v) is 4.68. The zero-order chi connectivity index (χ0) is 11.8. The molecule has 0 saturated carbocycles. The molecule has 0 heterocycles. The monoisotopic (exact) mass is 238 g/mol. The normalized spacial score (nSPS) is 10.1. The minimum Gasteiger partial charge on any atom is -0.326 e. The van der Waals surface area contributed by atoms with Crippen LogP contribution in [0, 0.1) is 0 Å². The molecule has 1 aromatic rings. The van der Waals surface area contributed by atoms with Crippen molar-refractivity contribution in [2.24, 2.45) is 0 Å². The first-order valence-corrected chi connectivity index (χ1v) is 6.36. The predicted molar refractivity (Wildman–Crippen MR) is 70.0 cm³/mol. The van der Waals surface area contributed by atoms with Crippen LogP contribution < -0.4 is 10.6 Å². The highest BCUT2D eigenvalue weighted by Gasteiger charge is 1.97. The molecular weight excluding hydrogens is 220 g/mol. The zero-order valence-electron chi connectivity index (χ0n) is 9.75. The average Bonchev–Trinajstić information content (AvgIpc) is 2.26. The molecule has 0 saturated heterocycles. The lowest BCUT2D eigenvalue weighted by atomic mass is 10.3. The summed E-state index contributed by atoms with van der Waals surface area (Å²) < 4.78 is 0. The van der Waals surface area contributed by atoms with Gasteiger partial charge in [-0.05, 0) is 50.0 Å². The number of nitrogens with one attached hydrogen (secondary N) is 2. The van der Waals surface area contributed by atoms with Gasteiger partial charge in [0, 0.05) is 17.5 Å². The van der Waals surface area contributed by atoms with Gasteiger partial charge >= 0.3 is 0 Å². The molecule has 0 aliphatic heterocycles. The minimum atomic E-state index is -0.0329. The van der Waals surface area contributed by atoms with Crippen LogP contribution in [0.2, 0.25) is 0 Å². The average molecular weight is 238 g/mol. The smallest absolute Gasteiger partial charge is 0.221 e. The maximum absolute atomic E-state index is 10.8. The summed E-state index contributed by atoms with van der Waals surface area (Å²) in [4.78, 5) is 12.1. The van der Waals surface area contributed by atoms with Gasteiger partial charge in [-0.2, -0.15) is 0 Å². The third-order valence-electron chi connectivity index (χ3n) is 2.01. The van der Waals surface area contributed by atoms with Crippen molar-refractivity contribution < 1.29 is 4.79 Å². The highest BCUT2D eigenvalue weighted by atomic mass is 32.2. The van der Waals surface area contributed by atoms with Gasteiger partial charge in [0.2, 0.25) is 5.91 Å². The number of rotatable bonds is 6. The van der Waals surface area contributed by atoms with Gasteiger partial charge in [-0.3, -0.25) is 4.79 Å². The molecule has 2 N–H and O–H groups in total. The Balaban J connectivity index is 2.36. The van der Waals surface area contributed by atoms with E-state index >= 15 is 0 Å². The third kappa shape index (κ3) is 5.19. The number of hydrogen-bond acceptors (Lipinski definition) is 3. The van der Waals surface area contributed by atoms with Crippen molar-refractivity contribution in [2.45, 2.75) is 18.2 Å². The van der Waals surface area contributed by atoms with Gasteiger partial charge in [0.05, 0.1) is 0 Å². The zero-order valence-corrected chi connectivity index (χ0v) is 10.6. The number of benzene rings is 1. The van der Waals surface area contributed by atoms with Crippen LogP contribution >= 0.6 is 11.8 Å². The fourth-order valence-corrected chi connectivity index (χ4v) is 2.13. The van der Waals surface area contributed by atoms with Gasteiger partial charge < -0.3 is 10.6 Å². The predicted octanol–water partition coefficient (Wildman–Crippen LogP) is 2.35. The van der Waals surface area contributed by atoms with Gasteiger partial charge in [0.1, 0.15) is 0 Å². The summed E-state index contributed by atoms with van der Waals surface area (Å²) in [6, 6.07) is 7.94. The SMILES string of the molecule is CNCCCSc1ccc(NC(C)=O)cc1. The molecule has 4 heteroatoms. The Morgan fingerprint density at radius 3 is 2.56 bits per heavy atom. The Labute approximate surface area is 101 Å². The fourth-order valence-electron chi connectivity index (χ4n) is 1.28. The largest absolute Gasteiger partial charge is 0.326 e. The van der Waals surface area contributed by atoms with Crippen LogP contribution in [0.1, 0.15) is 13.3 Å². The summed E-state index contributed by atoms with van der Waals surface area (Å²) in [6.07, 6.45) is 1.16. The lowest BCUT2D eigenvalue weighted by molar-refractivity contribution is -0.114. The van der Waals surface area contributed by atoms with E-state index in [9.17, 15) is 4.79 Å². The molecule has 0 aliphatic carbocycles. The van der Waals surface area contributed by atoms with Crippen LogP contribution in [0.25, 0.3) is 0 Å². The molecule has 0 unspecified atom stereocenters. The van der Waals surface area contributed by atoms with Crippen LogP contribution in [0.5, 0.6) is 0 Å². The minimum absolute atomic E-state index is 0.0329. The van der Waals surface area contributed by atoms with E-state index in [0.29, 0.717) is 0 Å². The Bertz CT molecular complexity index is 324. The van der Waals surface area contributed by atoms with Crippen LogP contribution in [0.15, 0.2) is 29.2 Å². The van der Waals surface area contributed by atoms with E-state index in [2.05, 4.69) is 10.6 Å². The lowest BCUT2D eigenvalue weighted by Crippen LogP contribution is -2.08. The van der Waals surface area contributed by atoms with E-state index in [0.717, 1.165) is 24.4 Å². The Morgan fingerprint density at radius 2 is 2.00 bits per heavy atom. The number of anilines is 1. The van der Waals surface area contributed by atoms with Crippen molar-refractivity contribution in [3.63, 3.8) is 0 Å². The van der Waals surface area contributed by atoms with Crippen molar-refractivity contribution in [1.82, 2.24) is 5.32 Å². The fraction of sp³-hybridized carbons (Fsp3) is 0.417. The molecule has 0 aliphatic rings. The summed E-state index contributed by atoms with van der Waals surface area (Å²) in [6.45, 7) is 2.57. The molecule has 0 radical (unpaired) electrons. The third-order valence-corrected chi connectivity index (χ3v) is 3.11.